The van der Waals surface area contributed by atoms with Gasteiger partial charge >= 0.3 is 5.97 Å². The third-order valence-corrected chi connectivity index (χ3v) is 9.56. The second-order valence-electron chi connectivity index (χ2n) is 14.7. The van der Waals surface area contributed by atoms with E-state index in [9.17, 15) is 9.90 Å². The molecule has 10 heteroatoms. The molecule has 262 valence electrons. The first-order chi connectivity index (χ1) is 23.1. The lowest BCUT2D eigenvalue weighted by molar-refractivity contribution is -0.160. The molecule has 7 rings (SSSR count). The number of aromatic nitrogens is 2. The Kier molecular flexibility index (Phi) is 9.52. The number of nitrogens with zero attached hydrogens (tertiary/aromatic N) is 3. The average molecular weight is 674 g/mol. The fourth-order valence-electron chi connectivity index (χ4n) is 6.94. The first-order valence-corrected chi connectivity index (χ1v) is 17.1. The third-order valence-electron chi connectivity index (χ3n) is 9.56. The number of hydrogen-bond acceptors (Lipinski definition) is 7. The molecule has 1 N–H and O–H groups in total. The Morgan fingerprint density at radius 1 is 1.08 bits per heavy atom. The van der Waals surface area contributed by atoms with Gasteiger partial charge in [0.25, 0.3) is 0 Å². The largest absolute Gasteiger partial charge is 0.488 e. The molecule has 9 nitrogen and oxygen atoms in total. The van der Waals surface area contributed by atoms with Gasteiger partial charge in [-0.2, -0.15) is 0 Å². The first-order valence-electron chi connectivity index (χ1n) is 17.1. The average Bonchev–Trinajstić information content (AvgIpc) is 3.47. The van der Waals surface area contributed by atoms with Gasteiger partial charge in [0.1, 0.15) is 29.1 Å². The number of pyridine rings is 1. The summed E-state index contributed by atoms with van der Waals surface area (Å²) in [7, 11) is 0. The molecule has 0 amide bonds. The summed E-state index contributed by atoms with van der Waals surface area (Å²) in [5.41, 5.74) is 5.21. The monoisotopic (exact) mass is 673 g/mol. The van der Waals surface area contributed by atoms with Gasteiger partial charge in [0.2, 0.25) is 0 Å². The van der Waals surface area contributed by atoms with Crippen molar-refractivity contribution in [3.63, 3.8) is 0 Å². The SMILES string of the molecule is Cc1cc(F)c2c(c1)O[C@@H](C)COCCOC1(C)CCN(CC1)c1c([C@H](OC(C)(C)C)C(=O)O)c(C)c(C)c3nc(cn13)-c1cccc-2c1. The van der Waals surface area contributed by atoms with Crippen molar-refractivity contribution in [1.29, 1.82) is 0 Å². The lowest BCUT2D eigenvalue weighted by Gasteiger charge is -2.42. The molecular formula is C39H48FN3O6. The molecule has 3 aliphatic rings. The van der Waals surface area contributed by atoms with Gasteiger partial charge in [0, 0.05) is 30.4 Å². The van der Waals surface area contributed by atoms with Crippen molar-refractivity contribution in [3.05, 3.63) is 70.7 Å². The molecular weight excluding hydrogens is 625 g/mol. The first kappa shape index (κ1) is 34.9. The molecule has 0 aliphatic carbocycles. The van der Waals surface area contributed by atoms with Crippen molar-refractivity contribution in [2.45, 2.75) is 91.6 Å². The summed E-state index contributed by atoms with van der Waals surface area (Å²) < 4.78 is 42.7. The van der Waals surface area contributed by atoms with E-state index in [0.29, 0.717) is 61.0 Å². The number of carboxylic acid groups (broad SMARTS) is 1. The van der Waals surface area contributed by atoms with Gasteiger partial charge in [0.15, 0.2) is 6.10 Å². The van der Waals surface area contributed by atoms with Gasteiger partial charge in [-0.05, 0) is 109 Å². The Morgan fingerprint density at radius 2 is 1.80 bits per heavy atom. The number of imidazole rings is 1. The Balaban J connectivity index is 1.58. The van der Waals surface area contributed by atoms with Crippen LogP contribution in [0.3, 0.4) is 0 Å². The molecule has 5 heterocycles. The van der Waals surface area contributed by atoms with Crippen LogP contribution in [0.1, 0.15) is 75.8 Å². The van der Waals surface area contributed by atoms with E-state index in [4.69, 9.17) is 23.9 Å². The number of carbonyl (C=O) groups is 1. The number of hydrogen-bond donors (Lipinski definition) is 1. The zero-order valence-corrected chi connectivity index (χ0v) is 29.9. The van der Waals surface area contributed by atoms with Crippen LogP contribution in [-0.2, 0) is 19.0 Å². The van der Waals surface area contributed by atoms with Gasteiger partial charge in [-0.25, -0.2) is 14.2 Å². The van der Waals surface area contributed by atoms with Crippen LogP contribution in [0.4, 0.5) is 10.2 Å². The summed E-state index contributed by atoms with van der Waals surface area (Å²) in [5, 5.41) is 10.6. The zero-order chi connectivity index (χ0) is 35.2. The Morgan fingerprint density at radius 3 is 2.49 bits per heavy atom. The van der Waals surface area contributed by atoms with E-state index in [1.165, 1.54) is 6.07 Å². The Bertz CT molecular complexity index is 1870. The minimum absolute atomic E-state index is 0.318. The molecule has 1 saturated heterocycles. The van der Waals surface area contributed by atoms with Crippen LogP contribution in [0, 0.1) is 26.6 Å². The zero-order valence-electron chi connectivity index (χ0n) is 29.9. The van der Waals surface area contributed by atoms with Crippen molar-refractivity contribution < 1.29 is 33.2 Å². The highest BCUT2D eigenvalue weighted by Gasteiger charge is 2.38. The van der Waals surface area contributed by atoms with E-state index in [-0.39, 0.29) is 17.5 Å². The number of ether oxygens (including phenoxy) is 4. The topological polar surface area (TPSA) is 94.8 Å². The number of halogens is 1. The van der Waals surface area contributed by atoms with Crippen molar-refractivity contribution in [1.82, 2.24) is 9.38 Å². The van der Waals surface area contributed by atoms with E-state index in [2.05, 4.69) is 11.8 Å². The summed E-state index contributed by atoms with van der Waals surface area (Å²) in [4.78, 5) is 20.3. The Hall–Kier alpha value is -3.99. The van der Waals surface area contributed by atoms with Gasteiger partial charge in [0.05, 0.1) is 42.3 Å². The lowest BCUT2D eigenvalue weighted by Crippen LogP contribution is -2.46. The van der Waals surface area contributed by atoms with E-state index < -0.39 is 17.7 Å². The maximum atomic E-state index is 15.8. The Labute approximate surface area is 288 Å². The van der Waals surface area contributed by atoms with Crippen LogP contribution in [0.25, 0.3) is 28.0 Å². The second-order valence-corrected chi connectivity index (χ2v) is 14.7. The summed E-state index contributed by atoms with van der Waals surface area (Å²) in [6.07, 6.45) is 1.92. The minimum Gasteiger partial charge on any atom is -0.488 e. The maximum Gasteiger partial charge on any atom is 0.337 e. The molecule has 2 aromatic heterocycles. The van der Waals surface area contributed by atoms with Gasteiger partial charge in [-0.1, -0.05) is 18.2 Å². The highest BCUT2D eigenvalue weighted by Crippen LogP contribution is 2.42. The van der Waals surface area contributed by atoms with Crippen molar-refractivity contribution in [2.75, 3.05) is 37.8 Å². The van der Waals surface area contributed by atoms with E-state index >= 15 is 4.39 Å². The molecule has 0 saturated carbocycles. The fraction of sp³-hybridized carbons (Fsp3) is 0.487. The number of carboxylic acids is 1. The number of piperidine rings is 1. The van der Waals surface area contributed by atoms with Crippen molar-refractivity contribution >= 4 is 17.4 Å². The van der Waals surface area contributed by atoms with Crippen LogP contribution >= 0.6 is 0 Å². The minimum atomic E-state index is -1.20. The van der Waals surface area contributed by atoms with Crippen molar-refractivity contribution in [3.8, 4) is 28.1 Å². The van der Waals surface area contributed by atoms with Crippen molar-refractivity contribution in [2.24, 2.45) is 0 Å². The van der Waals surface area contributed by atoms with Crippen LogP contribution in [0.5, 0.6) is 5.75 Å². The second kappa shape index (κ2) is 13.4. The molecule has 0 spiro atoms. The lowest BCUT2D eigenvalue weighted by atomic mass is 9.92. The molecule has 1 fully saturated rings. The number of benzene rings is 2. The normalized spacial score (nSPS) is 21.0. The molecule has 0 radical (unpaired) electrons. The number of anilines is 1. The predicted molar refractivity (Wildman–Crippen MR) is 188 cm³/mol. The summed E-state index contributed by atoms with van der Waals surface area (Å²) in [5.74, 6) is -0.232. The molecule has 2 aromatic carbocycles. The summed E-state index contributed by atoms with van der Waals surface area (Å²) >= 11 is 0. The van der Waals surface area contributed by atoms with E-state index in [0.717, 1.165) is 46.6 Å². The summed E-state index contributed by atoms with van der Waals surface area (Å²) in [6, 6.07) is 11.0. The van der Waals surface area contributed by atoms with Gasteiger partial charge < -0.3 is 29.0 Å². The fourth-order valence-corrected chi connectivity index (χ4v) is 6.94. The number of rotatable bonds is 3. The van der Waals surface area contributed by atoms with Gasteiger partial charge in [-0.3, -0.25) is 4.40 Å². The third kappa shape index (κ3) is 7.18. The molecule has 0 unspecified atom stereocenters. The molecule has 2 atom stereocenters. The number of fused-ring (bicyclic) bond motifs is 8. The highest BCUT2D eigenvalue weighted by atomic mass is 19.1. The van der Waals surface area contributed by atoms with E-state index in [1.807, 2.05) is 89.4 Å². The maximum absolute atomic E-state index is 15.8. The predicted octanol–water partition coefficient (Wildman–Crippen LogP) is 7.85. The summed E-state index contributed by atoms with van der Waals surface area (Å²) in [6.45, 7) is 17.8. The molecule has 49 heavy (non-hydrogen) atoms. The molecule has 3 aliphatic heterocycles. The smallest absolute Gasteiger partial charge is 0.337 e. The molecule has 4 aromatic rings. The number of aryl methyl sites for hydroxylation is 2. The molecule has 6 bridgehead atoms. The highest BCUT2D eigenvalue weighted by molar-refractivity contribution is 5.82. The van der Waals surface area contributed by atoms with E-state index in [1.54, 1.807) is 0 Å². The van der Waals surface area contributed by atoms with Crippen LogP contribution in [0.2, 0.25) is 0 Å². The number of aliphatic carboxylic acids is 1. The quantitative estimate of drug-likeness (QED) is 0.220. The standard InChI is InChI=1S/C39H48FN3O6/c1-23-18-29(40)33-28-11-9-10-27(20-28)30-21-43-35(41-30)26(4)25(3)32(34(37(44)45)49-38(5,6)7)36(43)42-14-12-39(8,13-15-42)47-17-16-46-22-24(2)48-31(33)19-23/h9-11,18-21,24,34H,12-17,22H2,1-8H3,(H,44,45)/t24-,34-/m0/s1. The van der Waals surface area contributed by atoms with Crippen LogP contribution in [-0.4, -0.2) is 70.7 Å². The van der Waals surface area contributed by atoms with Crippen LogP contribution < -0.4 is 9.64 Å². The van der Waals surface area contributed by atoms with Crippen LogP contribution in [0.15, 0.2) is 42.6 Å². The van der Waals surface area contributed by atoms with Gasteiger partial charge in [-0.15, -0.1) is 0 Å².